The van der Waals surface area contributed by atoms with Crippen molar-refractivity contribution in [2.45, 2.75) is 96.8 Å². The number of carboxylic acid groups (broad SMARTS) is 1. The summed E-state index contributed by atoms with van der Waals surface area (Å²) in [6, 6.07) is 0. The van der Waals surface area contributed by atoms with Gasteiger partial charge in [-0.05, 0) is 87.4 Å². The van der Waals surface area contributed by atoms with Gasteiger partial charge in [-0.15, -0.1) is 0 Å². The molecule has 4 aliphatic carbocycles. The highest BCUT2D eigenvalue weighted by Gasteiger charge is 2.51. The zero-order chi connectivity index (χ0) is 15.6. The van der Waals surface area contributed by atoms with Crippen LogP contribution in [0.5, 0.6) is 0 Å². The molecule has 0 unspecified atom stereocenters. The number of hydrogen-bond donors (Lipinski definition) is 1. The summed E-state index contributed by atoms with van der Waals surface area (Å²) in [5, 5.41) is 9.20. The minimum atomic E-state index is -0.557. The first-order valence-corrected chi connectivity index (χ1v) is 9.82. The van der Waals surface area contributed by atoms with E-state index < -0.39 is 5.97 Å². The normalized spacial score (nSPS) is 41.5. The van der Waals surface area contributed by atoms with Crippen LogP contribution in [0.25, 0.3) is 0 Å². The van der Waals surface area contributed by atoms with Crippen LogP contribution in [-0.4, -0.2) is 11.1 Å². The highest BCUT2D eigenvalue weighted by molar-refractivity contribution is 5.70. The second kappa shape index (κ2) is 6.53. The molecule has 0 aromatic carbocycles. The first kappa shape index (κ1) is 16.3. The molecule has 4 aliphatic rings. The van der Waals surface area contributed by atoms with E-state index in [4.69, 9.17) is 0 Å². The van der Waals surface area contributed by atoms with Gasteiger partial charge >= 0.3 is 5.97 Å². The highest BCUT2D eigenvalue weighted by atomic mass is 16.4. The van der Waals surface area contributed by atoms with E-state index in [2.05, 4.69) is 6.92 Å². The lowest BCUT2D eigenvalue weighted by molar-refractivity contribution is -0.144. The lowest BCUT2D eigenvalue weighted by atomic mass is 9.47. The maximum absolute atomic E-state index is 11.2. The minimum absolute atomic E-state index is 0.0482. The Morgan fingerprint density at radius 3 is 2.05 bits per heavy atom. The zero-order valence-corrected chi connectivity index (χ0v) is 14.4. The van der Waals surface area contributed by atoms with E-state index in [1.807, 2.05) is 0 Å². The van der Waals surface area contributed by atoms with Crippen molar-refractivity contribution in [2.75, 3.05) is 0 Å². The summed E-state index contributed by atoms with van der Waals surface area (Å²) in [7, 11) is 0. The van der Waals surface area contributed by atoms with Gasteiger partial charge in [0, 0.05) is 0 Å². The van der Waals surface area contributed by atoms with Crippen molar-refractivity contribution in [2.24, 2.45) is 22.7 Å². The topological polar surface area (TPSA) is 37.3 Å². The number of carboxylic acids is 1. The summed E-state index contributed by atoms with van der Waals surface area (Å²) in [6.07, 6.45) is 18.6. The Bertz CT molecular complexity index is 368. The maximum Gasteiger partial charge on any atom is 0.306 e. The molecule has 4 rings (SSSR count). The monoisotopic (exact) mass is 306 g/mol. The minimum Gasteiger partial charge on any atom is -0.481 e. The molecule has 0 spiro atoms. The summed E-state index contributed by atoms with van der Waals surface area (Å²) < 4.78 is 0. The maximum atomic E-state index is 11.2. The lowest BCUT2D eigenvalue weighted by Crippen LogP contribution is -2.46. The summed E-state index contributed by atoms with van der Waals surface area (Å²) in [5.74, 6) is 0.225. The Kier molecular flexibility index (Phi) is 4.85. The largest absolute Gasteiger partial charge is 0.481 e. The van der Waals surface area contributed by atoms with E-state index >= 15 is 0 Å². The van der Waals surface area contributed by atoms with Gasteiger partial charge in [0.2, 0.25) is 0 Å². The van der Waals surface area contributed by atoms with Crippen LogP contribution in [0.15, 0.2) is 0 Å². The molecule has 2 bridgehead atoms. The molecule has 0 aromatic heterocycles. The highest BCUT2D eigenvalue weighted by Crippen LogP contribution is 2.63. The number of carbonyl (C=O) groups is 1. The number of aliphatic carboxylic acids is 1. The third kappa shape index (κ3) is 3.08. The van der Waals surface area contributed by atoms with E-state index in [-0.39, 0.29) is 5.92 Å². The molecule has 0 radical (unpaired) electrons. The van der Waals surface area contributed by atoms with Gasteiger partial charge < -0.3 is 5.11 Å². The zero-order valence-electron chi connectivity index (χ0n) is 14.4. The Balaban J connectivity index is 1.54. The number of rotatable bonds is 6. The molecule has 0 amide bonds. The Morgan fingerprint density at radius 1 is 0.955 bits per heavy atom. The van der Waals surface area contributed by atoms with Gasteiger partial charge in [0.1, 0.15) is 0 Å². The summed E-state index contributed by atoms with van der Waals surface area (Å²) in [5.41, 5.74) is 1.31. The molecule has 126 valence electrons. The number of hydrogen-bond acceptors (Lipinski definition) is 1. The fourth-order valence-electron chi connectivity index (χ4n) is 5.98. The van der Waals surface area contributed by atoms with Crippen molar-refractivity contribution in [3.05, 3.63) is 0 Å². The molecule has 0 aliphatic heterocycles. The van der Waals surface area contributed by atoms with Gasteiger partial charge in [-0.25, -0.2) is 0 Å². The van der Waals surface area contributed by atoms with Crippen LogP contribution in [0.3, 0.4) is 0 Å². The standard InChI is InChI=1S/C20H34O2/c1-2-3-4-9-19-10-13-20(14-11-19,15-12-19)17-7-5-16(6-8-17)18(21)22/h16-17H,2-15H2,1H3,(H,21,22). The van der Waals surface area contributed by atoms with Crippen molar-refractivity contribution in [3.63, 3.8) is 0 Å². The van der Waals surface area contributed by atoms with Gasteiger partial charge in [-0.2, -0.15) is 0 Å². The third-order valence-corrected chi connectivity index (χ3v) is 7.71. The van der Waals surface area contributed by atoms with Crippen molar-refractivity contribution in [3.8, 4) is 0 Å². The molecule has 0 atom stereocenters. The van der Waals surface area contributed by atoms with E-state index in [1.54, 1.807) is 0 Å². The van der Waals surface area contributed by atoms with Gasteiger partial charge in [0.05, 0.1) is 5.92 Å². The van der Waals surface area contributed by atoms with E-state index in [0.29, 0.717) is 10.8 Å². The molecule has 1 N–H and O–H groups in total. The molecule has 0 aromatic rings. The molecular formula is C20H34O2. The molecule has 4 fully saturated rings. The summed E-state index contributed by atoms with van der Waals surface area (Å²) in [6.45, 7) is 2.30. The first-order chi connectivity index (χ1) is 10.6. The first-order valence-electron chi connectivity index (χ1n) is 9.82. The molecule has 2 heteroatoms. The Morgan fingerprint density at radius 2 is 1.55 bits per heavy atom. The van der Waals surface area contributed by atoms with Crippen molar-refractivity contribution in [1.29, 1.82) is 0 Å². The Labute approximate surface area is 136 Å². The van der Waals surface area contributed by atoms with E-state index in [9.17, 15) is 9.90 Å². The van der Waals surface area contributed by atoms with Gasteiger partial charge in [0.25, 0.3) is 0 Å². The molecule has 4 saturated carbocycles. The predicted octanol–water partition coefficient (Wildman–Crippen LogP) is 5.80. The summed E-state index contributed by atoms with van der Waals surface area (Å²) >= 11 is 0. The second-order valence-corrected chi connectivity index (χ2v) is 8.71. The van der Waals surface area contributed by atoms with Crippen molar-refractivity contribution in [1.82, 2.24) is 0 Å². The molecular weight excluding hydrogens is 272 g/mol. The number of fused-ring (bicyclic) bond motifs is 3. The van der Waals surface area contributed by atoms with Gasteiger partial charge in [-0.3, -0.25) is 4.79 Å². The fourth-order valence-corrected chi connectivity index (χ4v) is 5.98. The van der Waals surface area contributed by atoms with Crippen LogP contribution in [0.2, 0.25) is 0 Å². The molecule has 0 heterocycles. The average Bonchev–Trinajstić information content (AvgIpc) is 2.57. The molecule has 0 saturated heterocycles. The van der Waals surface area contributed by atoms with Crippen molar-refractivity contribution < 1.29 is 9.90 Å². The van der Waals surface area contributed by atoms with Gasteiger partial charge in [-0.1, -0.05) is 26.2 Å². The quantitative estimate of drug-likeness (QED) is 0.630. The van der Waals surface area contributed by atoms with E-state index in [0.717, 1.165) is 18.8 Å². The van der Waals surface area contributed by atoms with E-state index in [1.165, 1.54) is 77.0 Å². The van der Waals surface area contributed by atoms with Gasteiger partial charge in [0.15, 0.2) is 0 Å². The van der Waals surface area contributed by atoms with Crippen LogP contribution < -0.4 is 0 Å². The predicted molar refractivity (Wildman–Crippen MR) is 89.8 cm³/mol. The van der Waals surface area contributed by atoms with Crippen LogP contribution in [0, 0.1) is 22.7 Å². The third-order valence-electron chi connectivity index (χ3n) is 7.71. The molecule has 2 nitrogen and oxygen atoms in total. The number of unbranched alkanes of at least 4 members (excludes halogenated alkanes) is 2. The summed E-state index contributed by atoms with van der Waals surface area (Å²) in [4.78, 5) is 11.2. The van der Waals surface area contributed by atoms with Crippen LogP contribution in [0.1, 0.15) is 96.8 Å². The molecule has 22 heavy (non-hydrogen) atoms. The van der Waals surface area contributed by atoms with Crippen LogP contribution >= 0.6 is 0 Å². The van der Waals surface area contributed by atoms with Crippen LogP contribution in [0.4, 0.5) is 0 Å². The second-order valence-electron chi connectivity index (χ2n) is 8.71. The smallest absolute Gasteiger partial charge is 0.306 e. The lowest BCUT2D eigenvalue weighted by Gasteiger charge is -2.58. The van der Waals surface area contributed by atoms with Crippen LogP contribution in [-0.2, 0) is 4.79 Å². The average molecular weight is 306 g/mol. The SMILES string of the molecule is CCCCCC12CCC(C3CCC(C(=O)O)CC3)(CC1)CC2. The fraction of sp³-hybridized carbons (Fsp3) is 0.950. The Hall–Kier alpha value is -0.530. The van der Waals surface area contributed by atoms with Crippen molar-refractivity contribution >= 4 is 5.97 Å².